The van der Waals surface area contributed by atoms with Crippen LogP contribution in [0.15, 0.2) is 30.4 Å². The highest BCUT2D eigenvalue weighted by Gasteiger charge is 2.13. The molecular formula is C11H14N2O. The fourth-order valence-electron chi connectivity index (χ4n) is 1.44. The first kappa shape index (κ1) is 9.21. The molecule has 3 heteroatoms. The number of hydrogen-bond acceptors (Lipinski definition) is 3. The van der Waals surface area contributed by atoms with Crippen LogP contribution < -0.4 is 5.06 Å². The van der Waals surface area contributed by atoms with Crippen LogP contribution in [0.2, 0.25) is 0 Å². The lowest BCUT2D eigenvalue weighted by atomic mass is 10.3. The first-order chi connectivity index (χ1) is 6.75. The zero-order chi connectivity index (χ0) is 9.97. The van der Waals surface area contributed by atoms with Crippen LogP contribution in [0.5, 0.6) is 0 Å². The van der Waals surface area contributed by atoms with Crippen LogP contribution in [0.3, 0.4) is 0 Å². The van der Waals surface area contributed by atoms with Gasteiger partial charge in [0.2, 0.25) is 0 Å². The quantitative estimate of drug-likeness (QED) is 0.634. The summed E-state index contributed by atoms with van der Waals surface area (Å²) < 4.78 is 0. The molecule has 14 heavy (non-hydrogen) atoms. The summed E-state index contributed by atoms with van der Waals surface area (Å²) in [5.41, 5.74) is 1.01. The number of nitrogens with zero attached hydrogens (tertiary/aromatic N) is 2. The summed E-state index contributed by atoms with van der Waals surface area (Å²) in [5, 5.41) is 1.82. The van der Waals surface area contributed by atoms with Gasteiger partial charge in [-0.25, -0.2) is 10.0 Å². The molecule has 0 spiro atoms. The van der Waals surface area contributed by atoms with Crippen molar-refractivity contribution < 1.29 is 4.84 Å². The van der Waals surface area contributed by atoms with Crippen molar-refractivity contribution in [2.24, 2.45) is 0 Å². The molecule has 1 aliphatic rings. The van der Waals surface area contributed by atoms with E-state index in [0.29, 0.717) is 0 Å². The molecule has 0 bridgehead atoms. The Morgan fingerprint density at radius 1 is 1.50 bits per heavy atom. The second kappa shape index (κ2) is 3.80. The molecule has 0 aromatic carbocycles. The Balaban J connectivity index is 2.19. The molecule has 0 aliphatic carbocycles. The number of rotatable bonds is 1. The molecule has 0 saturated carbocycles. The zero-order valence-corrected chi connectivity index (χ0v) is 8.47. The van der Waals surface area contributed by atoms with E-state index < -0.39 is 0 Å². The molecule has 3 nitrogen and oxygen atoms in total. The molecule has 1 aromatic heterocycles. The van der Waals surface area contributed by atoms with Crippen molar-refractivity contribution in [2.45, 2.75) is 20.0 Å². The van der Waals surface area contributed by atoms with Gasteiger partial charge >= 0.3 is 0 Å². The fraction of sp³-hybridized carbons (Fsp3) is 0.364. The number of pyridine rings is 1. The third-order valence-electron chi connectivity index (χ3n) is 2.10. The zero-order valence-electron chi connectivity index (χ0n) is 8.47. The Hall–Kier alpha value is -1.35. The van der Waals surface area contributed by atoms with Gasteiger partial charge in [0.1, 0.15) is 6.10 Å². The summed E-state index contributed by atoms with van der Waals surface area (Å²) in [6, 6.07) is 5.93. The molecule has 0 radical (unpaired) electrons. The second-order valence-electron chi connectivity index (χ2n) is 3.44. The van der Waals surface area contributed by atoms with Crippen LogP contribution in [-0.4, -0.2) is 17.6 Å². The first-order valence-electron chi connectivity index (χ1n) is 4.80. The minimum atomic E-state index is 0.131. The van der Waals surface area contributed by atoms with Crippen molar-refractivity contribution in [1.29, 1.82) is 0 Å². The number of aromatic nitrogens is 1. The molecule has 74 valence electrons. The topological polar surface area (TPSA) is 25.4 Å². The predicted octanol–water partition coefficient (Wildman–Crippen LogP) is 2.09. The average Bonchev–Trinajstić information content (AvgIpc) is 2.18. The van der Waals surface area contributed by atoms with Crippen molar-refractivity contribution in [1.82, 2.24) is 4.98 Å². The normalized spacial score (nSPS) is 21.3. The molecule has 0 fully saturated rings. The Morgan fingerprint density at radius 2 is 2.36 bits per heavy atom. The summed E-state index contributed by atoms with van der Waals surface area (Å²) in [6.45, 7) is 4.76. The summed E-state index contributed by atoms with van der Waals surface area (Å²) in [5.74, 6) is 0.876. The lowest BCUT2D eigenvalue weighted by Gasteiger charge is -2.27. The van der Waals surface area contributed by atoms with Gasteiger partial charge in [-0.1, -0.05) is 18.2 Å². The van der Waals surface area contributed by atoms with E-state index in [1.807, 2.05) is 43.2 Å². The maximum absolute atomic E-state index is 5.61. The minimum Gasteiger partial charge on any atom is -0.265 e. The van der Waals surface area contributed by atoms with Crippen molar-refractivity contribution >= 4 is 5.82 Å². The lowest BCUT2D eigenvalue weighted by molar-refractivity contribution is 0.0688. The Bertz CT molecular complexity index is 349. The van der Waals surface area contributed by atoms with E-state index in [9.17, 15) is 0 Å². The summed E-state index contributed by atoms with van der Waals surface area (Å²) in [4.78, 5) is 10.0. The third-order valence-corrected chi connectivity index (χ3v) is 2.10. The smallest absolute Gasteiger partial charge is 0.153 e. The molecule has 1 aliphatic heterocycles. The van der Waals surface area contributed by atoms with E-state index in [4.69, 9.17) is 4.84 Å². The van der Waals surface area contributed by atoms with Gasteiger partial charge in [0.15, 0.2) is 5.82 Å². The van der Waals surface area contributed by atoms with Gasteiger partial charge < -0.3 is 0 Å². The van der Waals surface area contributed by atoms with Gasteiger partial charge in [-0.15, -0.1) is 0 Å². The van der Waals surface area contributed by atoms with Crippen LogP contribution in [0.25, 0.3) is 0 Å². The molecular weight excluding hydrogens is 176 g/mol. The highest BCUT2D eigenvalue weighted by molar-refractivity contribution is 5.37. The van der Waals surface area contributed by atoms with Gasteiger partial charge in [0.25, 0.3) is 0 Å². The lowest BCUT2D eigenvalue weighted by Crippen LogP contribution is -2.31. The maximum Gasteiger partial charge on any atom is 0.153 e. The minimum absolute atomic E-state index is 0.131. The Labute approximate surface area is 84.0 Å². The second-order valence-corrected chi connectivity index (χ2v) is 3.44. The molecule has 0 amide bonds. The van der Waals surface area contributed by atoms with Crippen molar-refractivity contribution in [3.8, 4) is 0 Å². The highest BCUT2D eigenvalue weighted by Crippen LogP contribution is 2.16. The number of hydrogen-bond donors (Lipinski definition) is 0. The van der Waals surface area contributed by atoms with E-state index in [-0.39, 0.29) is 6.10 Å². The van der Waals surface area contributed by atoms with E-state index in [2.05, 4.69) is 11.1 Å². The van der Waals surface area contributed by atoms with Crippen LogP contribution in [0.1, 0.15) is 12.6 Å². The molecule has 0 N–H and O–H groups in total. The average molecular weight is 190 g/mol. The van der Waals surface area contributed by atoms with Crippen molar-refractivity contribution in [3.63, 3.8) is 0 Å². The van der Waals surface area contributed by atoms with Crippen molar-refractivity contribution in [2.75, 3.05) is 11.6 Å². The van der Waals surface area contributed by atoms with Gasteiger partial charge in [-0.2, -0.15) is 0 Å². The fourth-order valence-corrected chi connectivity index (χ4v) is 1.44. The number of hydroxylamine groups is 1. The van der Waals surface area contributed by atoms with E-state index in [1.165, 1.54) is 0 Å². The predicted molar refractivity (Wildman–Crippen MR) is 56.0 cm³/mol. The van der Waals surface area contributed by atoms with Crippen LogP contribution in [-0.2, 0) is 4.84 Å². The summed E-state index contributed by atoms with van der Waals surface area (Å²) in [6.07, 6.45) is 4.27. The number of anilines is 1. The highest BCUT2D eigenvalue weighted by atomic mass is 16.7. The molecule has 2 rings (SSSR count). The summed E-state index contributed by atoms with van der Waals surface area (Å²) in [7, 11) is 0. The first-order valence-corrected chi connectivity index (χ1v) is 4.80. The van der Waals surface area contributed by atoms with Gasteiger partial charge in [-0.05, 0) is 26.0 Å². The van der Waals surface area contributed by atoms with Crippen LogP contribution in [0, 0.1) is 6.92 Å². The van der Waals surface area contributed by atoms with Gasteiger partial charge in [-0.3, -0.25) is 4.84 Å². The van der Waals surface area contributed by atoms with Gasteiger partial charge in [0.05, 0.1) is 6.54 Å². The molecule has 1 unspecified atom stereocenters. The van der Waals surface area contributed by atoms with E-state index in [0.717, 1.165) is 18.1 Å². The molecule has 1 aromatic rings. The van der Waals surface area contributed by atoms with E-state index >= 15 is 0 Å². The monoisotopic (exact) mass is 190 g/mol. The summed E-state index contributed by atoms with van der Waals surface area (Å²) >= 11 is 0. The SMILES string of the molecule is Cc1cccc(N2CC=CC(C)O2)n1. The van der Waals surface area contributed by atoms with Crippen LogP contribution in [0.4, 0.5) is 5.82 Å². The van der Waals surface area contributed by atoms with Gasteiger partial charge in [0, 0.05) is 5.69 Å². The Kier molecular flexibility index (Phi) is 2.50. The number of aryl methyl sites for hydroxylation is 1. The largest absolute Gasteiger partial charge is 0.265 e. The Morgan fingerprint density at radius 3 is 3.07 bits per heavy atom. The maximum atomic E-state index is 5.61. The molecule has 0 saturated heterocycles. The standard InChI is InChI=1S/C11H14N2O/c1-9-5-3-7-11(12-9)13-8-4-6-10(2)14-13/h3-7,10H,8H2,1-2H3. The van der Waals surface area contributed by atoms with Crippen LogP contribution >= 0.6 is 0 Å². The van der Waals surface area contributed by atoms with E-state index in [1.54, 1.807) is 0 Å². The third kappa shape index (κ3) is 1.93. The molecule has 1 atom stereocenters. The van der Waals surface area contributed by atoms with Crippen molar-refractivity contribution in [3.05, 3.63) is 36.0 Å². The molecule has 2 heterocycles.